The molecule has 2 rings (SSSR count). The summed E-state index contributed by atoms with van der Waals surface area (Å²) in [5.74, 6) is -1.55. The van der Waals surface area contributed by atoms with Gasteiger partial charge in [0.2, 0.25) is 0 Å². The SMILES string of the molecule is CC(C)n1cc(C(=O)O)c(-c2ccc(F)cn2)n1. The maximum absolute atomic E-state index is 12.8. The lowest BCUT2D eigenvalue weighted by molar-refractivity contribution is 0.0697. The molecule has 0 saturated carbocycles. The lowest BCUT2D eigenvalue weighted by Gasteiger charge is -2.03. The zero-order valence-electron chi connectivity index (χ0n) is 9.96. The van der Waals surface area contributed by atoms with E-state index in [1.54, 1.807) is 4.68 Å². The molecule has 0 fully saturated rings. The molecule has 94 valence electrons. The van der Waals surface area contributed by atoms with E-state index in [1.807, 2.05) is 13.8 Å². The van der Waals surface area contributed by atoms with E-state index in [2.05, 4.69) is 10.1 Å². The largest absolute Gasteiger partial charge is 0.478 e. The number of carboxylic acid groups (broad SMARTS) is 1. The second-order valence-corrected chi connectivity index (χ2v) is 4.13. The van der Waals surface area contributed by atoms with Gasteiger partial charge in [0.25, 0.3) is 0 Å². The monoisotopic (exact) mass is 249 g/mol. The summed E-state index contributed by atoms with van der Waals surface area (Å²) >= 11 is 0. The summed E-state index contributed by atoms with van der Waals surface area (Å²) in [5.41, 5.74) is 0.646. The molecular weight excluding hydrogens is 237 g/mol. The van der Waals surface area contributed by atoms with E-state index in [-0.39, 0.29) is 17.3 Å². The highest BCUT2D eigenvalue weighted by Gasteiger charge is 2.18. The summed E-state index contributed by atoms with van der Waals surface area (Å²) in [7, 11) is 0. The third-order valence-corrected chi connectivity index (χ3v) is 2.46. The molecule has 0 aliphatic heterocycles. The van der Waals surface area contributed by atoms with Gasteiger partial charge in [0.15, 0.2) is 0 Å². The Morgan fingerprint density at radius 2 is 2.17 bits per heavy atom. The van der Waals surface area contributed by atoms with Crippen molar-refractivity contribution in [2.45, 2.75) is 19.9 Å². The van der Waals surface area contributed by atoms with Gasteiger partial charge in [-0.1, -0.05) is 0 Å². The smallest absolute Gasteiger partial charge is 0.339 e. The van der Waals surface area contributed by atoms with E-state index < -0.39 is 11.8 Å². The van der Waals surface area contributed by atoms with Crippen molar-refractivity contribution in [3.05, 3.63) is 35.9 Å². The van der Waals surface area contributed by atoms with Crippen LogP contribution < -0.4 is 0 Å². The highest BCUT2D eigenvalue weighted by Crippen LogP contribution is 2.21. The standard InChI is InChI=1S/C12H12FN3O2/c1-7(2)16-6-9(12(17)18)11(15-16)10-4-3-8(13)5-14-10/h3-7H,1-2H3,(H,17,18). The average molecular weight is 249 g/mol. The van der Waals surface area contributed by atoms with Gasteiger partial charge in [0, 0.05) is 12.2 Å². The lowest BCUT2D eigenvalue weighted by Crippen LogP contribution is -2.01. The molecular formula is C12H12FN3O2. The van der Waals surface area contributed by atoms with Crippen LogP contribution in [0.1, 0.15) is 30.2 Å². The van der Waals surface area contributed by atoms with Crippen LogP contribution >= 0.6 is 0 Å². The van der Waals surface area contributed by atoms with Gasteiger partial charge in [-0.3, -0.25) is 9.67 Å². The maximum atomic E-state index is 12.8. The van der Waals surface area contributed by atoms with E-state index in [0.717, 1.165) is 6.20 Å². The molecule has 0 aliphatic carbocycles. The molecule has 0 aliphatic rings. The van der Waals surface area contributed by atoms with Crippen molar-refractivity contribution < 1.29 is 14.3 Å². The summed E-state index contributed by atoms with van der Waals surface area (Å²) < 4.78 is 14.3. The fourth-order valence-electron chi connectivity index (χ4n) is 1.52. The van der Waals surface area contributed by atoms with Gasteiger partial charge in [0.05, 0.1) is 11.9 Å². The van der Waals surface area contributed by atoms with Crippen LogP contribution in [-0.4, -0.2) is 25.8 Å². The molecule has 0 atom stereocenters. The zero-order valence-corrected chi connectivity index (χ0v) is 9.96. The molecule has 0 unspecified atom stereocenters. The van der Waals surface area contributed by atoms with Crippen LogP contribution in [0.4, 0.5) is 4.39 Å². The van der Waals surface area contributed by atoms with Crippen LogP contribution in [0, 0.1) is 5.82 Å². The third-order valence-electron chi connectivity index (χ3n) is 2.46. The Morgan fingerprint density at radius 3 is 2.67 bits per heavy atom. The molecule has 2 aromatic heterocycles. The molecule has 0 spiro atoms. The topological polar surface area (TPSA) is 68.0 Å². The van der Waals surface area contributed by atoms with Crippen molar-refractivity contribution >= 4 is 5.97 Å². The summed E-state index contributed by atoms with van der Waals surface area (Å²) in [6.45, 7) is 3.78. The van der Waals surface area contributed by atoms with Crippen molar-refractivity contribution in [2.24, 2.45) is 0 Å². The zero-order chi connectivity index (χ0) is 13.3. The number of halogens is 1. The van der Waals surface area contributed by atoms with Crippen molar-refractivity contribution in [3.63, 3.8) is 0 Å². The molecule has 0 saturated heterocycles. The van der Waals surface area contributed by atoms with E-state index in [1.165, 1.54) is 18.3 Å². The highest BCUT2D eigenvalue weighted by atomic mass is 19.1. The number of hydrogen-bond acceptors (Lipinski definition) is 3. The number of aromatic nitrogens is 3. The van der Waals surface area contributed by atoms with Gasteiger partial charge in [-0.15, -0.1) is 0 Å². The summed E-state index contributed by atoms with van der Waals surface area (Å²) in [6.07, 6.45) is 2.49. The Labute approximate surface area is 103 Å². The van der Waals surface area contributed by atoms with Crippen LogP contribution in [0.3, 0.4) is 0 Å². The van der Waals surface area contributed by atoms with Crippen molar-refractivity contribution in [3.8, 4) is 11.4 Å². The van der Waals surface area contributed by atoms with Crippen LogP contribution in [0.5, 0.6) is 0 Å². The molecule has 5 nitrogen and oxygen atoms in total. The predicted molar refractivity (Wildman–Crippen MR) is 62.8 cm³/mol. The number of carbonyl (C=O) groups is 1. The predicted octanol–water partition coefficient (Wildman–Crippen LogP) is 2.36. The minimum absolute atomic E-state index is 0.0392. The van der Waals surface area contributed by atoms with Crippen LogP contribution in [-0.2, 0) is 0 Å². The molecule has 6 heteroatoms. The fourth-order valence-corrected chi connectivity index (χ4v) is 1.52. The minimum Gasteiger partial charge on any atom is -0.478 e. The van der Waals surface area contributed by atoms with E-state index >= 15 is 0 Å². The van der Waals surface area contributed by atoms with Gasteiger partial charge in [0.1, 0.15) is 17.1 Å². The molecule has 18 heavy (non-hydrogen) atoms. The summed E-state index contributed by atoms with van der Waals surface area (Å²) in [5, 5.41) is 13.3. The van der Waals surface area contributed by atoms with Gasteiger partial charge in [-0.2, -0.15) is 5.10 Å². The number of pyridine rings is 1. The Bertz CT molecular complexity index is 576. The highest BCUT2D eigenvalue weighted by molar-refractivity contribution is 5.94. The minimum atomic E-state index is -1.08. The second kappa shape index (κ2) is 4.56. The van der Waals surface area contributed by atoms with Crippen molar-refractivity contribution in [1.82, 2.24) is 14.8 Å². The lowest BCUT2D eigenvalue weighted by atomic mass is 10.2. The van der Waals surface area contributed by atoms with E-state index in [0.29, 0.717) is 5.69 Å². The molecule has 2 heterocycles. The maximum Gasteiger partial charge on any atom is 0.339 e. The molecule has 0 bridgehead atoms. The van der Waals surface area contributed by atoms with Gasteiger partial charge < -0.3 is 5.11 Å². The van der Waals surface area contributed by atoms with Crippen LogP contribution in [0.2, 0.25) is 0 Å². The molecule has 1 N–H and O–H groups in total. The number of hydrogen-bond donors (Lipinski definition) is 1. The van der Waals surface area contributed by atoms with E-state index in [4.69, 9.17) is 5.11 Å². The summed E-state index contributed by atoms with van der Waals surface area (Å²) in [6, 6.07) is 2.68. The first kappa shape index (κ1) is 12.2. The molecule has 0 radical (unpaired) electrons. The Balaban J connectivity index is 2.55. The molecule has 0 aromatic carbocycles. The average Bonchev–Trinajstić information content (AvgIpc) is 2.75. The van der Waals surface area contributed by atoms with Crippen LogP contribution in [0.15, 0.2) is 24.5 Å². The normalized spacial score (nSPS) is 10.9. The number of rotatable bonds is 3. The summed E-state index contributed by atoms with van der Waals surface area (Å²) in [4.78, 5) is 15.0. The Kier molecular flexibility index (Phi) is 3.10. The molecule has 2 aromatic rings. The van der Waals surface area contributed by atoms with Crippen molar-refractivity contribution in [1.29, 1.82) is 0 Å². The van der Waals surface area contributed by atoms with Gasteiger partial charge in [-0.05, 0) is 26.0 Å². The number of carboxylic acids is 1. The van der Waals surface area contributed by atoms with E-state index in [9.17, 15) is 9.18 Å². The third kappa shape index (κ3) is 2.22. The molecule has 0 amide bonds. The number of nitrogens with zero attached hydrogens (tertiary/aromatic N) is 3. The first-order valence-electron chi connectivity index (χ1n) is 5.43. The number of aromatic carboxylic acids is 1. The quantitative estimate of drug-likeness (QED) is 0.906. The van der Waals surface area contributed by atoms with Crippen molar-refractivity contribution in [2.75, 3.05) is 0 Å². The fraction of sp³-hybridized carbons (Fsp3) is 0.250. The first-order chi connectivity index (χ1) is 8.49. The van der Waals surface area contributed by atoms with Crippen LogP contribution in [0.25, 0.3) is 11.4 Å². The second-order valence-electron chi connectivity index (χ2n) is 4.13. The van der Waals surface area contributed by atoms with Gasteiger partial charge in [-0.25, -0.2) is 9.18 Å². The van der Waals surface area contributed by atoms with Gasteiger partial charge >= 0.3 is 5.97 Å². The Morgan fingerprint density at radius 1 is 1.44 bits per heavy atom. The Hall–Kier alpha value is -2.24. The first-order valence-corrected chi connectivity index (χ1v) is 5.43.